The normalized spacial score (nSPS) is 11.7. The molecule has 0 unspecified atom stereocenters. The molecule has 0 saturated heterocycles. The van der Waals surface area contributed by atoms with Gasteiger partial charge in [0.15, 0.2) is 11.5 Å². The van der Waals surface area contributed by atoms with E-state index < -0.39 is 0 Å². The van der Waals surface area contributed by atoms with Crippen molar-refractivity contribution in [3.63, 3.8) is 0 Å². The van der Waals surface area contributed by atoms with Gasteiger partial charge in [0, 0.05) is 10.6 Å². The minimum atomic E-state index is -0.308. The average Bonchev–Trinajstić information content (AvgIpc) is 2.57. The first-order valence-electron chi connectivity index (χ1n) is 7.09. The molecular weight excluding hydrogens is 369 g/mol. The number of carbonyl (C=O) groups is 1. The van der Waals surface area contributed by atoms with E-state index in [0.717, 1.165) is 4.90 Å². The fourth-order valence-corrected chi connectivity index (χ4v) is 3.16. The molecule has 0 aliphatic heterocycles. The Hall–Kier alpha value is -1.56. The van der Waals surface area contributed by atoms with Gasteiger partial charge in [-0.1, -0.05) is 23.2 Å². The smallest absolute Gasteiger partial charge is 0.237 e. The summed E-state index contributed by atoms with van der Waals surface area (Å²) in [5.41, 5.74) is 0.606. The Bertz CT molecular complexity index is 740. The van der Waals surface area contributed by atoms with E-state index in [2.05, 4.69) is 5.32 Å². The van der Waals surface area contributed by atoms with Gasteiger partial charge in [-0.3, -0.25) is 4.79 Å². The van der Waals surface area contributed by atoms with Crippen molar-refractivity contribution >= 4 is 46.6 Å². The maximum absolute atomic E-state index is 12.3. The van der Waals surface area contributed by atoms with Crippen molar-refractivity contribution in [2.75, 3.05) is 19.5 Å². The molecule has 0 aromatic heterocycles. The largest absolute Gasteiger partial charge is 0.493 e. The molecule has 4 nitrogen and oxygen atoms in total. The van der Waals surface area contributed by atoms with E-state index in [1.54, 1.807) is 32.4 Å². The van der Waals surface area contributed by atoms with Crippen LogP contribution in [0.1, 0.15) is 6.92 Å². The Morgan fingerprint density at radius 2 is 1.75 bits per heavy atom. The highest BCUT2D eigenvalue weighted by Crippen LogP contribution is 2.34. The first-order valence-corrected chi connectivity index (χ1v) is 8.72. The first kappa shape index (κ1) is 18.8. The van der Waals surface area contributed by atoms with Crippen LogP contribution in [0.3, 0.4) is 0 Å². The van der Waals surface area contributed by atoms with Crippen LogP contribution >= 0.6 is 35.0 Å². The zero-order chi connectivity index (χ0) is 17.7. The van der Waals surface area contributed by atoms with Crippen LogP contribution in [-0.4, -0.2) is 25.4 Å². The Labute approximate surface area is 155 Å². The van der Waals surface area contributed by atoms with E-state index in [9.17, 15) is 4.79 Å². The van der Waals surface area contributed by atoms with Crippen LogP contribution in [0.2, 0.25) is 10.0 Å². The van der Waals surface area contributed by atoms with Crippen LogP contribution in [0.4, 0.5) is 5.69 Å². The topological polar surface area (TPSA) is 47.6 Å². The minimum absolute atomic E-state index is 0.131. The zero-order valence-corrected chi connectivity index (χ0v) is 15.8. The molecule has 0 aliphatic carbocycles. The summed E-state index contributed by atoms with van der Waals surface area (Å²) >= 11 is 13.2. The van der Waals surface area contributed by atoms with E-state index in [0.29, 0.717) is 27.2 Å². The molecule has 2 aromatic rings. The number of amides is 1. The Morgan fingerprint density at radius 1 is 1.04 bits per heavy atom. The number of nitrogens with one attached hydrogen (secondary N) is 1. The summed E-state index contributed by atoms with van der Waals surface area (Å²) in [6.45, 7) is 1.83. The highest BCUT2D eigenvalue weighted by Gasteiger charge is 2.16. The molecule has 0 radical (unpaired) electrons. The van der Waals surface area contributed by atoms with Crippen LogP contribution in [-0.2, 0) is 4.79 Å². The molecule has 0 heterocycles. The van der Waals surface area contributed by atoms with Crippen molar-refractivity contribution in [1.29, 1.82) is 0 Å². The third kappa shape index (κ3) is 4.72. The summed E-state index contributed by atoms with van der Waals surface area (Å²) in [7, 11) is 3.16. The predicted molar refractivity (Wildman–Crippen MR) is 100.0 cm³/mol. The van der Waals surface area contributed by atoms with Gasteiger partial charge in [0.2, 0.25) is 5.91 Å². The summed E-state index contributed by atoms with van der Waals surface area (Å²) in [5.74, 6) is 1.14. The molecule has 1 amide bonds. The number of anilines is 1. The van der Waals surface area contributed by atoms with Gasteiger partial charge < -0.3 is 14.8 Å². The van der Waals surface area contributed by atoms with Gasteiger partial charge >= 0.3 is 0 Å². The van der Waals surface area contributed by atoms with Crippen molar-refractivity contribution in [2.45, 2.75) is 17.1 Å². The van der Waals surface area contributed by atoms with Crippen LogP contribution in [0.5, 0.6) is 11.5 Å². The molecule has 0 bridgehead atoms. The predicted octanol–water partition coefficient (Wildman–Crippen LogP) is 5.13. The van der Waals surface area contributed by atoms with Crippen molar-refractivity contribution in [1.82, 2.24) is 0 Å². The third-order valence-corrected chi connectivity index (χ3v) is 5.06. The highest BCUT2D eigenvalue weighted by atomic mass is 35.5. The summed E-state index contributed by atoms with van der Waals surface area (Å²) in [6, 6.07) is 10.5. The lowest BCUT2D eigenvalue weighted by molar-refractivity contribution is -0.115. The number of carbonyl (C=O) groups excluding carboxylic acids is 1. The molecule has 0 fully saturated rings. The number of halogens is 2. The maximum atomic E-state index is 12.3. The first-order chi connectivity index (χ1) is 11.4. The number of hydrogen-bond donors (Lipinski definition) is 1. The lowest BCUT2D eigenvalue weighted by atomic mass is 10.3. The molecule has 7 heteroatoms. The quantitative estimate of drug-likeness (QED) is 0.700. The number of thioether (sulfide) groups is 1. The summed E-state index contributed by atoms with van der Waals surface area (Å²) < 4.78 is 10.5. The van der Waals surface area contributed by atoms with Crippen LogP contribution < -0.4 is 14.8 Å². The monoisotopic (exact) mass is 385 g/mol. The Morgan fingerprint density at radius 3 is 2.38 bits per heavy atom. The highest BCUT2D eigenvalue weighted by molar-refractivity contribution is 8.00. The van der Waals surface area contributed by atoms with Crippen molar-refractivity contribution in [2.24, 2.45) is 0 Å². The second-order valence-electron chi connectivity index (χ2n) is 4.90. The summed E-state index contributed by atoms with van der Waals surface area (Å²) in [5, 5.41) is 3.36. The molecular formula is C17H17Cl2NO3S. The summed E-state index contributed by atoms with van der Waals surface area (Å²) in [4.78, 5) is 13.2. The second-order valence-corrected chi connectivity index (χ2v) is 7.12. The van der Waals surface area contributed by atoms with Crippen molar-refractivity contribution < 1.29 is 14.3 Å². The van der Waals surface area contributed by atoms with Gasteiger partial charge in [-0.15, -0.1) is 11.8 Å². The molecule has 0 saturated carbocycles. The van der Waals surface area contributed by atoms with E-state index in [1.165, 1.54) is 11.8 Å². The van der Waals surface area contributed by atoms with E-state index >= 15 is 0 Å². The molecule has 128 valence electrons. The lowest BCUT2D eigenvalue weighted by Crippen LogP contribution is -2.22. The molecule has 1 N–H and O–H groups in total. The number of rotatable bonds is 6. The van der Waals surface area contributed by atoms with Gasteiger partial charge in [0.25, 0.3) is 0 Å². The van der Waals surface area contributed by atoms with E-state index in [1.807, 2.05) is 25.1 Å². The van der Waals surface area contributed by atoms with Crippen LogP contribution in [0, 0.1) is 0 Å². The second kappa shape index (κ2) is 8.51. The molecule has 1 atom stereocenters. The molecule has 2 rings (SSSR count). The third-order valence-electron chi connectivity index (χ3n) is 3.22. The number of ether oxygens (including phenoxy) is 2. The SMILES string of the molecule is COc1ccc(S[C@@H](C)C(=O)Nc2ccc(Cl)c(Cl)c2)cc1OC. The standard InChI is InChI=1S/C17H17Cl2NO3S/c1-10(17(21)20-11-4-6-13(18)14(19)8-11)24-12-5-7-15(22-2)16(9-12)23-3/h4-10H,1-3H3,(H,20,21)/t10-/m0/s1. The number of hydrogen-bond acceptors (Lipinski definition) is 4. The fourth-order valence-electron chi connectivity index (χ4n) is 1.97. The average molecular weight is 386 g/mol. The van der Waals surface area contributed by atoms with Crippen LogP contribution in [0.25, 0.3) is 0 Å². The van der Waals surface area contributed by atoms with Crippen molar-refractivity contribution in [3.8, 4) is 11.5 Å². The molecule has 0 aliphatic rings. The Balaban J connectivity index is 2.04. The van der Waals surface area contributed by atoms with Crippen molar-refractivity contribution in [3.05, 3.63) is 46.4 Å². The lowest BCUT2D eigenvalue weighted by Gasteiger charge is -2.14. The number of methoxy groups -OCH3 is 2. The molecule has 24 heavy (non-hydrogen) atoms. The molecule has 2 aromatic carbocycles. The van der Waals surface area contributed by atoms with Gasteiger partial charge in [-0.25, -0.2) is 0 Å². The fraction of sp³-hybridized carbons (Fsp3) is 0.235. The van der Waals surface area contributed by atoms with Crippen LogP contribution in [0.15, 0.2) is 41.3 Å². The molecule has 0 spiro atoms. The zero-order valence-electron chi connectivity index (χ0n) is 13.4. The Kier molecular flexibility index (Phi) is 6.66. The number of benzene rings is 2. The van der Waals surface area contributed by atoms with Gasteiger partial charge in [-0.05, 0) is 43.3 Å². The summed E-state index contributed by atoms with van der Waals surface area (Å²) in [6.07, 6.45) is 0. The van der Waals surface area contributed by atoms with Gasteiger partial charge in [-0.2, -0.15) is 0 Å². The van der Waals surface area contributed by atoms with E-state index in [-0.39, 0.29) is 11.2 Å². The maximum Gasteiger partial charge on any atom is 0.237 e. The van der Waals surface area contributed by atoms with E-state index in [4.69, 9.17) is 32.7 Å². The minimum Gasteiger partial charge on any atom is -0.493 e. The van der Waals surface area contributed by atoms with Gasteiger partial charge in [0.1, 0.15) is 0 Å². The van der Waals surface area contributed by atoms with Gasteiger partial charge in [0.05, 0.1) is 29.5 Å².